The van der Waals surface area contributed by atoms with Crippen molar-refractivity contribution >= 4 is 5.57 Å². The van der Waals surface area contributed by atoms with Crippen LogP contribution >= 0.6 is 0 Å². The average molecular weight is 457 g/mol. The van der Waals surface area contributed by atoms with Gasteiger partial charge in [-0.1, -0.05) is 72.6 Å². The second-order valence-corrected chi connectivity index (χ2v) is 6.20. The maximum Gasteiger partial charge on any atom is 0 e. The van der Waals surface area contributed by atoms with Crippen LogP contribution in [0.15, 0.2) is 24.3 Å². The van der Waals surface area contributed by atoms with Crippen LogP contribution < -0.4 is 0 Å². The number of hydrogen-bond donors (Lipinski definition) is 0. The minimum atomic E-state index is 0. The third kappa shape index (κ3) is 3.56. The molecule has 116 valence electrons. The van der Waals surface area contributed by atoms with E-state index in [2.05, 4.69) is 78.8 Å². The minimum Gasteiger partial charge on any atom is -0.266 e. The zero-order chi connectivity index (χ0) is 15.7. The Balaban J connectivity index is 0.000000212. The van der Waals surface area contributed by atoms with Gasteiger partial charge in [-0.25, -0.2) is 5.57 Å². The first-order valence-electron chi connectivity index (χ1n) is 7.73. The molecule has 0 N–H and O–H groups in total. The van der Waals surface area contributed by atoms with Gasteiger partial charge in [0.1, 0.15) is 0 Å². The summed E-state index contributed by atoms with van der Waals surface area (Å²) in [5.74, 6) is 0.492. The van der Waals surface area contributed by atoms with Gasteiger partial charge in [0.2, 0.25) is 0 Å². The summed E-state index contributed by atoms with van der Waals surface area (Å²) < 4.78 is 0. The second kappa shape index (κ2) is 7.64. The quantitative estimate of drug-likeness (QED) is 0.339. The molecule has 1 aliphatic rings. The summed E-state index contributed by atoms with van der Waals surface area (Å²) in [5, 5.41) is 0. The molecular formula is C21H26Hf-2. The fourth-order valence-corrected chi connectivity index (χ4v) is 3.10. The molecule has 3 rings (SSSR count). The molecule has 1 atom stereocenters. The van der Waals surface area contributed by atoms with Crippen LogP contribution in [0.4, 0.5) is 0 Å². The SMILES string of the molecule is CC1=[C-]C(C)c2ccccc21.Cc1c(C)c(C)[c-](C)c1C.[Hf]. The molecule has 0 saturated heterocycles. The number of fused-ring (bicyclic) bond motifs is 1. The molecule has 2 aromatic carbocycles. The van der Waals surface area contributed by atoms with Crippen molar-refractivity contribution in [3.8, 4) is 0 Å². The van der Waals surface area contributed by atoms with Crippen molar-refractivity contribution in [3.63, 3.8) is 0 Å². The predicted octanol–water partition coefficient (Wildman–Crippen LogP) is 5.96. The van der Waals surface area contributed by atoms with Crippen molar-refractivity contribution in [3.05, 3.63) is 69.3 Å². The molecule has 0 heterocycles. The van der Waals surface area contributed by atoms with Crippen LogP contribution in [0, 0.1) is 40.7 Å². The summed E-state index contributed by atoms with van der Waals surface area (Å²) in [5.41, 5.74) is 11.4. The van der Waals surface area contributed by atoms with Crippen LogP contribution in [0.5, 0.6) is 0 Å². The number of hydrogen-bond acceptors (Lipinski definition) is 0. The van der Waals surface area contributed by atoms with E-state index in [1.54, 1.807) is 0 Å². The van der Waals surface area contributed by atoms with E-state index in [4.69, 9.17) is 0 Å². The van der Waals surface area contributed by atoms with Crippen LogP contribution in [0.1, 0.15) is 58.7 Å². The summed E-state index contributed by atoms with van der Waals surface area (Å²) in [7, 11) is 0. The van der Waals surface area contributed by atoms with Crippen molar-refractivity contribution in [2.45, 2.75) is 54.4 Å². The van der Waals surface area contributed by atoms with E-state index in [1.807, 2.05) is 0 Å². The van der Waals surface area contributed by atoms with Crippen molar-refractivity contribution in [2.75, 3.05) is 0 Å². The van der Waals surface area contributed by atoms with Crippen LogP contribution in [0.2, 0.25) is 0 Å². The Morgan fingerprint density at radius 1 is 0.909 bits per heavy atom. The molecule has 0 nitrogen and oxygen atoms in total. The van der Waals surface area contributed by atoms with Crippen LogP contribution in [0.3, 0.4) is 0 Å². The molecule has 0 radical (unpaired) electrons. The number of rotatable bonds is 0. The Labute approximate surface area is 154 Å². The van der Waals surface area contributed by atoms with Gasteiger partial charge in [0.15, 0.2) is 0 Å². The first-order chi connectivity index (χ1) is 9.84. The van der Waals surface area contributed by atoms with Gasteiger partial charge >= 0.3 is 0 Å². The maximum absolute atomic E-state index is 3.40. The second-order valence-electron chi connectivity index (χ2n) is 6.20. The summed E-state index contributed by atoms with van der Waals surface area (Å²) in [4.78, 5) is 0. The standard InChI is InChI=1S/C11H11.C10H15.Hf/c1-8-7-9(2)11-6-4-3-5-10(8)11;1-6-7(2)9(4)10(5)8(6)3;/h3-6,8H,1-2H3;1-5H3;/q2*-1;. The third-order valence-corrected chi connectivity index (χ3v) is 5.08. The average Bonchev–Trinajstić information content (AvgIpc) is 2.86. The predicted molar refractivity (Wildman–Crippen MR) is 92.9 cm³/mol. The minimum absolute atomic E-state index is 0. The van der Waals surface area contributed by atoms with E-state index in [-0.39, 0.29) is 25.8 Å². The summed E-state index contributed by atoms with van der Waals surface area (Å²) in [6.45, 7) is 15.3. The van der Waals surface area contributed by atoms with E-state index in [1.165, 1.54) is 44.5 Å². The fraction of sp³-hybridized carbons (Fsp3) is 0.381. The van der Waals surface area contributed by atoms with E-state index in [9.17, 15) is 0 Å². The summed E-state index contributed by atoms with van der Waals surface area (Å²) >= 11 is 0. The molecule has 0 bridgehead atoms. The van der Waals surface area contributed by atoms with Crippen molar-refractivity contribution in [1.82, 2.24) is 0 Å². The van der Waals surface area contributed by atoms with Crippen LogP contribution in [-0.2, 0) is 25.8 Å². The van der Waals surface area contributed by atoms with Crippen molar-refractivity contribution < 1.29 is 25.8 Å². The molecule has 1 heteroatoms. The van der Waals surface area contributed by atoms with Crippen LogP contribution in [0.25, 0.3) is 5.57 Å². The Bertz CT molecular complexity index is 606. The summed E-state index contributed by atoms with van der Waals surface area (Å²) in [6.07, 6.45) is 3.40. The van der Waals surface area contributed by atoms with Crippen molar-refractivity contribution in [1.29, 1.82) is 0 Å². The topological polar surface area (TPSA) is 0 Å². The zero-order valence-corrected chi connectivity index (χ0v) is 18.5. The first kappa shape index (κ1) is 19.2. The van der Waals surface area contributed by atoms with Crippen LogP contribution in [-0.4, -0.2) is 0 Å². The summed E-state index contributed by atoms with van der Waals surface area (Å²) in [6, 6.07) is 8.53. The molecule has 2 aromatic rings. The molecule has 0 spiro atoms. The van der Waals surface area contributed by atoms with E-state index in [0.717, 1.165) is 0 Å². The van der Waals surface area contributed by atoms with Gasteiger partial charge in [0.25, 0.3) is 0 Å². The first-order valence-corrected chi connectivity index (χ1v) is 7.73. The molecule has 0 aliphatic heterocycles. The largest absolute Gasteiger partial charge is 0.266 e. The number of allylic oxidation sites excluding steroid dienone is 2. The van der Waals surface area contributed by atoms with Gasteiger partial charge in [-0.2, -0.15) is 33.4 Å². The normalized spacial score (nSPS) is 15.4. The molecule has 22 heavy (non-hydrogen) atoms. The zero-order valence-electron chi connectivity index (χ0n) is 14.9. The maximum atomic E-state index is 3.40. The molecule has 0 saturated carbocycles. The molecule has 0 amide bonds. The Morgan fingerprint density at radius 3 is 1.82 bits per heavy atom. The molecule has 0 fully saturated rings. The van der Waals surface area contributed by atoms with Gasteiger partial charge in [0, 0.05) is 25.8 Å². The molecular weight excluding hydrogens is 431 g/mol. The van der Waals surface area contributed by atoms with Gasteiger partial charge < -0.3 is 0 Å². The van der Waals surface area contributed by atoms with Gasteiger partial charge in [-0.3, -0.25) is 6.08 Å². The monoisotopic (exact) mass is 458 g/mol. The Hall–Kier alpha value is -0.820. The Morgan fingerprint density at radius 2 is 1.41 bits per heavy atom. The van der Waals surface area contributed by atoms with E-state index >= 15 is 0 Å². The van der Waals surface area contributed by atoms with Crippen molar-refractivity contribution in [2.24, 2.45) is 0 Å². The molecule has 1 aliphatic carbocycles. The van der Waals surface area contributed by atoms with Gasteiger partial charge in [0.05, 0.1) is 0 Å². The number of benzene rings is 1. The smallest absolute Gasteiger partial charge is 0 e. The van der Waals surface area contributed by atoms with Gasteiger partial charge in [-0.15, -0.1) is 11.6 Å². The Kier molecular flexibility index (Phi) is 6.67. The molecule has 0 aromatic heterocycles. The van der Waals surface area contributed by atoms with Gasteiger partial charge in [-0.05, 0) is 0 Å². The van der Waals surface area contributed by atoms with E-state index in [0.29, 0.717) is 5.92 Å². The third-order valence-electron chi connectivity index (χ3n) is 5.08. The van der Waals surface area contributed by atoms with E-state index < -0.39 is 0 Å². The fourth-order valence-electron chi connectivity index (χ4n) is 3.10. The molecule has 1 unspecified atom stereocenters.